The van der Waals surface area contributed by atoms with Gasteiger partial charge in [-0.05, 0) is 37.1 Å². The third-order valence-corrected chi connectivity index (χ3v) is 2.33. The Morgan fingerprint density at radius 2 is 2.20 bits per heavy atom. The van der Waals surface area contributed by atoms with Crippen LogP contribution in [0.1, 0.15) is 24.0 Å². The van der Waals surface area contributed by atoms with Crippen molar-refractivity contribution in [3.63, 3.8) is 0 Å². The first-order valence-corrected chi connectivity index (χ1v) is 5.51. The zero-order valence-corrected chi connectivity index (χ0v) is 9.90. The van der Waals surface area contributed by atoms with Gasteiger partial charge in [-0.2, -0.15) is 0 Å². The maximum absolute atomic E-state index is 5.56. The number of unbranched alkanes of at least 4 members (excludes halogenated alkanes) is 1. The molecule has 0 unspecified atom stereocenters. The van der Waals surface area contributed by atoms with Gasteiger partial charge >= 0.3 is 0 Å². The second-order valence-corrected chi connectivity index (χ2v) is 3.66. The molecule has 0 heterocycles. The standard InChI is InChI=1S/C13H15ClO/c1-11-10-12(6-4-3-5-9-14)7-8-13(11)15-2/h7-8,10H,3,5,9H2,1-2H3. The van der Waals surface area contributed by atoms with Gasteiger partial charge in [-0.1, -0.05) is 11.8 Å². The van der Waals surface area contributed by atoms with Gasteiger partial charge in [-0.25, -0.2) is 0 Å². The predicted molar refractivity (Wildman–Crippen MR) is 64.6 cm³/mol. The van der Waals surface area contributed by atoms with Crippen LogP contribution in [0.5, 0.6) is 5.75 Å². The van der Waals surface area contributed by atoms with Gasteiger partial charge in [0.05, 0.1) is 7.11 Å². The molecule has 0 amide bonds. The van der Waals surface area contributed by atoms with Gasteiger partial charge in [0.25, 0.3) is 0 Å². The minimum atomic E-state index is 0.677. The monoisotopic (exact) mass is 222 g/mol. The van der Waals surface area contributed by atoms with Crippen LogP contribution < -0.4 is 4.74 Å². The highest BCUT2D eigenvalue weighted by atomic mass is 35.5. The van der Waals surface area contributed by atoms with E-state index in [0.29, 0.717) is 5.88 Å². The molecule has 15 heavy (non-hydrogen) atoms. The molecule has 2 heteroatoms. The van der Waals surface area contributed by atoms with Crippen molar-refractivity contribution in [2.45, 2.75) is 19.8 Å². The van der Waals surface area contributed by atoms with Crippen molar-refractivity contribution in [2.24, 2.45) is 0 Å². The normalized spacial score (nSPS) is 9.27. The van der Waals surface area contributed by atoms with E-state index >= 15 is 0 Å². The zero-order chi connectivity index (χ0) is 11.1. The average molecular weight is 223 g/mol. The Morgan fingerprint density at radius 3 is 2.80 bits per heavy atom. The number of halogens is 1. The minimum absolute atomic E-state index is 0.677. The van der Waals surface area contributed by atoms with E-state index in [1.54, 1.807) is 7.11 Å². The smallest absolute Gasteiger partial charge is 0.121 e. The largest absolute Gasteiger partial charge is 0.496 e. The molecule has 1 aromatic rings. The molecule has 80 valence electrons. The summed E-state index contributed by atoms with van der Waals surface area (Å²) in [5.74, 6) is 7.78. The summed E-state index contributed by atoms with van der Waals surface area (Å²) in [6, 6.07) is 5.95. The molecule has 1 nitrogen and oxygen atoms in total. The van der Waals surface area contributed by atoms with Crippen molar-refractivity contribution >= 4 is 11.6 Å². The van der Waals surface area contributed by atoms with Gasteiger partial charge in [-0.15, -0.1) is 11.6 Å². The van der Waals surface area contributed by atoms with E-state index in [1.165, 1.54) is 0 Å². The number of hydrogen-bond donors (Lipinski definition) is 0. The van der Waals surface area contributed by atoms with Gasteiger partial charge in [0, 0.05) is 17.9 Å². The summed E-state index contributed by atoms with van der Waals surface area (Å²) in [7, 11) is 1.67. The van der Waals surface area contributed by atoms with Crippen LogP contribution in [0.2, 0.25) is 0 Å². The quantitative estimate of drug-likeness (QED) is 0.433. The van der Waals surface area contributed by atoms with E-state index in [-0.39, 0.29) is 0 Å². The Hall–Kier alpha value is -1.13. The lowest BCUT2D eigenvalue weighted by Crippen LogP contribution is -1.87. The number of alkyl halides is 1. The lowest BCUT2D eigenvalue weighted by Gasteiger charge is -2.03. The number of rotatable bonds is 3. The summed E-state index contributed by atoms with van der Waals surface area (Å²) < 4.78 is 5.18. The first kappa shape index (κ1) is 11.9. The van der Waals surface area contributed by atoms with Crippen LogP contribution in [-0.4, -0.2) is 13.0 Å². The van der Waals surface area contributed by atoms with E-state index in [1.807, 2.05) is 25.1 Å². The maximum Gasteiger partial charge on any atom is 0.121 e. The average Bonchev–Trinajstić information content (AvgIpc) is 2.25. The van der Waals surface area contributed by atoms with Gasteiger partial charge in [0.2, 0.25) is 0 Å². The summed E-state index contributed by atoms with van der Waals surface area (Å²) >= 11 is 5.56. The molecule has 0 spiro atoms. The second kappa shape index (κ2) is 6.37. The molecule has 0 N–H and O–H groups in total. The molecule has 0 radical (unpaired) electrons. The predicted octanol–water partition coefficient (Wildman–Crippen LogP) is 3.37. The molecule has 0 aliphatic rings. The lowest BCUT2D eigenvalue weighted by molar-refractivity contribution is 0.411. The molecule has 0 bridgehead atoms. The molecule has 0 aliphatic heterocycles. The fourth-order valence-electron chi connectivity index (χ4n) is 1.28. The van der Waals surface area contributed by atoms with Gasteiger partial charge in [0.15, 0.2) is 0 Å². The first-order valence-electron chi connectivity index (χ1n) is 4.97. The SMILES string of the molecule is COc1ccc(C#CCCCCl)cc1C. The summed E-state index contributed by atoms with van der Waals surface area (Å²) in [4.78, 5) is 0. The molecule has 0 fully saturated rings. The fraction of sp³-hybridized carbons (Fsp3) is 0.385. The van der Waals surface area contributed by atoms with E-state index in [4.69, 9.17) is 16.3 Å². The molecular formula is C13H15ClO. The van der Waals surface area contributed by atoms with Crippen LogP contribution in [0.15, 0.2) is 18.2 Å². The number of ether oxygens (including phenoxy) is 1. The Labute approximate surface area is 96.4 Å². The van der Waals surface area contributed by atoms with Crippen molar-refractivity contribution < 1.29 is 4.74 Å². The summed E-state index contributed by atoms with van der Waals surface area (Å²) in [6.07, 6.45) is 1.80. The summed E-state index contributed by atoms with van der Waals surface area (Å²) in [5, 5.41) is 0. The fourth-order valence-corrected chi connectivity index (χ4v) is 1.41. The number of methoxy groups -OCH3 is 1. The van der Waals surface area contributed by atoms with Gasteiger partial charge < -0.3 is 4.74 Å². The lowest BCUT2D eigenvalue weighted by atomic mass is 10.1. The summed E-state index contributed by atoms with van der Waals surface area (Å²) in [5.41, 5.74) is 2.14. The Morgan fingerprint density at radius 1 is 1.40 bits per heavy atom. The number of benzene rings is 1. The van der Waals surface area contributed by atoms with Crippen LogP contribution >= 0.6 is 11.6 Å². The third kappa shape index (κ3) is 3.85. The van der Waals surface area contributed by atoms with Crippen molar-refractivity contribution in [1.29, 1.82) is 0 Å². The Kier molecular flexibility index (Phi) is 5.07. The molecule has 0 aromatic heterocycles. The highest BCUT2D eigenvalue weighted by Crippen LogP contribution is 2.17. The molecule has 0 atom stereocenters. The first-order chi connectivity index (χ1) is 7.27. The van der Waals surface area contributed by atoms with Crippen LogP contribution in [-0.2, 0) is 0 Å². The molecular weight excluding hydrogens is 208 g/mol. The second-order valence-electron chi connectivity index (χ2n) is 3.28. The Balaban J connectivity index is 2.69. The van der Waals surface area contributed by atoms with Crippen LogP contribution in [0.3, 0.4) is 0 Å². The molecule has 0 saturated heterocycles. The highest BCUT2D eigenvalue weighted by molar-refractivity contribution is 6.17. The Bertz CT molecular complexity index is 374. The van der Waals surface area contributed by atoms with Crippen LogP contribution in [0.4, 0.5) is 0 Å². The topological polar surface area (TPSA) is 9.23 Å². The van der Waals surface area contributed by atoms with Crippen LogP contribution in [0, 0.1) is 18.8 Å². The van der Waals surface area contributed by atoms with Gasteiger partial charge in [0.1, 0.15) is 5.75 Å². The number of hydrogen-bond acceptors (Lipinski definition) is 1. The molecule has 1 rings (SSSR count). The molecule has 0 saturated carbocycles. The summed E-state index contributed by atoms with van der Waals surface area (Å²) in [6.45, 7) is 2.02. The van der Waals surface area contributed by atoms with E-state index < -0.39 is 0 Å². The number of aryl methyl sites for hydroxylation is 1. The van der Waals surface area contributed by atoms with Crippen molar-refractivity contribution in [1.82, 2.24) is 0 Å². The molecule has 0 aliphatic carbocycles. The maximum atomic E-state index is 5.56. The van der Waals surface area contributed by atoms with Crippen molar-refractivity contribution in [3.05, 3.63) is 29.3 Å². The van der Waals surface area contributed by atoms with Crippen LogP contribution in [0.25, 0.3) is 0 Å². The van der Waals surface area contributed by atoms with E-state index in [0.717, 1.165) is 29.7 Å². The highest BCUT2D eigenvalue weighted by Gasteiger charge is 1.96. The van der Waals surface area contributed by atoms with E-state index in [9.17, 15) is 0 Å². The third-order valence-electron chi connectivity index (χ3n) is 2.06. The van der Waals surface area contributed by atoms with Crippen molar-refractivity contribution in [3.8, 4) is 17.6 Å². The van der Waals surface area contributed by atoms with Gasteiger partial charge in [-0.3, -0.25) is 0 Å². The minimum Gasteiger partial charge on any atom is -0.496 e. The zero-order valence-electron chi connectivity index (χ0n) is 9.14. The van der Waals surface area contributed by atoms with Crippen molar-refractivity contribution in [2.75, 3.05) is 13.0 Å². The molecule has 1 aromatic carbocycles. The van der Waals surface area contributed by atoms with E-state index in [2.05, 4.69) is 11.8 Å².